The zero-order valence-electron chi connectivity index (χ0n) is 14.9. The monoisotopic (exact) mass is 335 g/mol. The molecular weight excluding hydrogens is 301 g/mol. The molecule has 1 aliphatic rings. The van der Waals surface area contributed by atoms with Crippen molar-refractivity contribution in [1.82, 2.24) is 5.32 Å². The van der Waals surface area contributed by atoms with E-state index < -0.39 is 5.97 Å². The second kappa shape index (κ2) is 15.6. The van der Waals surface area contributed by atoms with E-state index in [0.29, 0.717) is 0 Å². The van der Waals surface area contributed by atoms with Crippen LogP contribution in [0.15, 0.2) is 0 Å². The van der Waals surface area contributed by atoms with Gasteiger partial charge in [0.2, 0.25) is 0 Å². The van der Waals surface area contributed by atoms with Crippen LogP contribution >= 0.6 is 0 Å². The fourth-order valence-electron chi connectivity index (χ4n) is 3.10. The van der Waals surface area contributed by atoms with Crippen LogP contribution in [0.1, 0.15) is 96.8 Å². The molecule has 1 rings (SSSR count). The Hall–Kier alpha value is 1.07. The van der Waals surface area contributed by atoms with Gasteiger partial charge in [0.25, 0.3) is 0 Å². The van der Waals surface area contributed by atoms with Crippen molar-refractivity contribution >= 4 is 5.97 Å². The SMILES string of the molecule is CCCCCCCCC1NC1CCCCCCCC(=O)[O-].[K+]. The summed E-state index contributed by atoms with van der Waals surface area (Å²) >= 11 is 0. The van der Waals surface area contributed by atoms with Gasteiger partial charge in [-0.3, -0.25) is 0 Å². The number of carboxylic acids is 1. The number of carbonyl (C=O) groups excluding carboxylic acids is 1. The summed E-state index contributed by atoms with van der Waals surface area (Å²) in [7, 11) is 0. The van der Waals surface area contributed by atoms with Crippen LogP contribution in [0.5, 0.6) is 0 Å². The van der Waals surface area contributed by atoms with Crippen LogP contribution in [-0.2, 0) is 4.79 Å². The van der Waals surface area contributed by atoms with E-state index in [1.54, 1.807) is 0 Å². The first-order valence-corrected chi connectivity index (χ1v) is 9.20. The number of carbonyl (C=O) groups is 1. The van der Waals surface area contributed by atoms with Crippen LogP contribution in [-0.4, -0.2) is 18.1 Å². The molecule has 0 aromatic rings. The molecule has 0 radical (unpaired) electrons. The molecule has 0 aromatic heterocycles. The van der Waals surface area contributed by atoms with Crippen molar-refractivity contribution in [2.75, 3.05) is 0 Å². The Morgan fingerprint density at radius 2 is 1.27 bits per heavy atom. The standard InChI is InChI=1S/C18H35NO2.K/c1-2-3-4-5-7-10-13-16-17(19-16)14-11-8-6-9-12-15-18(20)21;/h16-17,19H,2-15H2,1H3,(H,20,21);/q;+1/p-1. The minimum absolute atomic E-state index is 0. The van der Waals surface area contributed by atoms with Crippen molar-refractivity contribution in [2.45, 2.75) is 109 Å². The van der Waals surface area contributed by atoms with Gasteiger partial charge in [-0.05, 0) is 25.7 Å². The van der Waals surface area contributed by atoms with Crippen LogP contribution in [0.3, 0.4) is 0 Å². The number of hydrogen-bond acceptors (Lipinski definition) is 3. The molecule has 0 aliphatic carbocycles. The summed E-state index contributed by atoms with van der Waals surface area (Å²) in [4.78, 5) is 10.3. The average Bonchev–Trinajstić information content (AvgIpc) is 3.20. The zero-order valence-corrected chi connectivity index (χ0v) is 18.0. The van der Waals surface area contributed by atoms with Gasteiger partial charge in [-0.2, -0.15) is 0 Å². The Kier molecular flexibility index (Phi) is 16.3. The van der Waals surface area contributed by atoms with Gasteiger partial charge in [0, 0.05) is 18.1 Å². The van der Waals surface area contributed by atoms with E-state index >= 15 is 0 Å². The summed E-state index contributed by atoms with van der Waals surface area (Å²) < 4.78 is 0. The third kappa shape index (κ3) is 13.5. The molecule has 0 aromatic carbocycles. The molecule has 0 spiro atoms. The number of nitrogens with one attached hydrogen (secondary N) is 1. The Labute approximate surface area is 179 Å². The summed E-state index contributed by atoms with van der Waals surface area (Å²) in [5.74, 6) is -0.908. The molecule has 1 fully saturated rings. The summed E-state index contributed by atoms with van der Waals surface area (Å²) in [6, 6.07) is 1.58. The first kappa shape index (κ1) is 23.1. The second-order valence-corrected chi connectivity index (χ2v) is 6.61. The van der Waals surface area contributed by atoms with E-state index in [2.05, 4.69) is 12.2 Å². The topological polar surface area (TPSA) is 62.1 Å². The summed E-state index contributed by atoms with van der Waals surface area (Å²) in [5.41, 5.74) is 0. The first-order chi connectivity index (χ1) is 10.2. The van der Waals surface area contributed by atoms with Crippen LogP contribution in [0.4, 0.5) is 0 Å². The fraction of sp³-hybridized carbons (Fsp3) is 0.944. The van der Waals surface area contributed by atoms with E-state index in [-0.39, 0.29) is 57.8 Å². The van der Waals surface area contributed by atoms with Gasteiger partial charge in [0.1, 0.15) is 0 Å². The number of unbranched alkanes of at least 4 members (excludes halogenated alkanes) is 9. The first-order valence-electron chi connectivity index (χ1n) is 9.20. The predicted molar refractivity (Wildman–Crippen MR) is 86.0 cm³/mol. The van der Waals surface area contributed by atoms with Crippen molar-refractivity contribution < 1.29 is 61.3 Å². The molecule has 0 saturated carbocycles. The molecule has 1 saturated heterocycles. The maximum Gasteiger partial charge on any atom is 1.00 e. The van der Waals surface area contributed by atoms with Gasteiger partial charge in [-0.25, -0.2) is 0 Å². The van der Waals surface area contributed by atoms with Crippen LogP contribution < -0.4 is 61.8 Å². The maximum atomic E-state index is 10.3. The Balaban J connectivity index is 0.00000441. The minimum atomic E-state index is -0.908. The van der Waals surface area contributed by atoms with Crippen molar-refractivity contribution in [3.63, 3.8) is 0 Å². The molecule has 1 aliphatic heterocycles. The number of carboxylic acid groups (broad SMARTS) is 1. The molecule has 124 valence electrons. The molecule has 2 unspecified atom stereocenters. The van der Waals surface area contributed by atoms with Gasteiger partial charge in [-0.1, -0.05) is 71.1 Å². The van der Waals surface area contributed by atoms with Gasteiger partial charge in [0.15, 0.2) is 0 Å². The van der Waals surface area contributed by atoms with E-state index in [1.807, 2.05) is 0 Å². The van der Waals surface area contributed by atoms with Crippen LogP contribution in [0.2, 0.25) is 0 Å². The number of aliphatic carboxylic acids is 1. The molecule has 22 heavy (non-hydrogen) atoms. The second-order valence-electron chi connectivity index (χ2n) is 6.61. The molecule has 0 amide bonds. The molecule has 1 N–H and O–H groups in total. The summed E-state index contributed by atoms with van der Waals surface area (Å²) in [6.07, 6.45) is 16.8. The third-order valence-electron chi connectivity index (χ3n) is 4.57. The minimum Gasteiger partial charge on any atom is -0.550 e. The van der Waals surface area contributed by atoms with Gasteiger partial charge in [0.05, 0.1) is 0 Å². The molecule has 4 heteroatoms. The summed E-state index contributed by atoms with van der Waals surface area (Å²) in [5, 5.41) is 13.9. The number of rotatable bonds is 15. The quantitative estimate of drug-likeness (QED) is 0.270. The van der Waals surface area contributed by atoms with Crippen LogP contribution in [0.25, 0.3) is 0 Å². The van der Waals surface area contributed by atoms with Crippen molar-refractivity contribution in [2.24, 2.45) is 0 Å². The van der Waals surface area contributed by atoms with E-state index in [0.717, 1.165) is 24.9 Å². The largest absolute Gasteiger partial charge is 1.00 e. The van der Waals surface area contributed by atoms with Gasteiger partial charge < -0.3 is 15.2 Å². The normalized spacial score (nSPS) is 19.7. The third-order valence-corrected chi connectivity index (χ3v) is 4.57. The van der Waals surface area contributed by atoms with Crippen molar-refractivity contribution in [1.29, 1.82) is 0 Å². The Bertz CT molecular complexity index is 274. The van der Waals surface area contributed by atoms with E-state index in [1.165, 1.54) is 70.6 Å². The molecule has 2 atom stereocenters. The molecule has 1 heterocycles. The average molecular weight is 336 g/mol. The Morgan fingerprint density at radius 3 is 1.77 bits per heavy atom. The van der Waals surface area contributed by atoms with Crippen LogP contribution in [0, 0.1) is 0 Å². The molecular formula is C18H34KNO2. The molecule has 0 bridgehead atoms. The fourth-order valence-corrected chi connectivity index (χ4v) is 3.10. The van der Waals surface area contributed by atoms with E-state index in [9.17, 15) is 9.90 Å². The smallest absolute Gasteiger partial charge is 0.550 e. The van der Waals surface area contributed by atoms with Gasteiger partial charge in [-0.15, -0.1) is 0 Å². The maximum absolute atomic E-state index is 10.3. The zero-order chi connectivity index (χ0) is 15.3. The van der Waals surface area contributed by atoms with Crippen molar-refractivity contribution in [3.05, 3.63) is 0 Å². The summed E-state index contributed by atoms with van der Waals surface area (Å²) in [6.45, 7) is 2.27. The number of hydrogen-bond donors (Lipinski definition) is 1. The predicted octanol–water partition coefficient (Wildman–Crippen LogP) is 0.562. The molecule has 3 nitrogen and oxygen atoms in total. The van der Waals surface area contributed by atoms with Gasteiger partial charge >= 0.3 is 51.4 Å². The Morgan fingerprint density at radius 1 is 0.818 bits per heavy atom. The van der Waals surface area contributed by atoms with E-state index in [4.69, 9.17) is 0 Å². The van der Waals surface area contributed by atoms with Crippen molar-refractivity contribution in [3.8, 4) is 0 Å².